The first-order chi connectivity index (χ1) is 21.8. The molecule has 0 aliphatic heterocycles. The van der Waals surface area contributed by atoms with Crippen LogP contribution in [-0.4, -0.2) is 15.0 Å². The second-order valence-corrected chi connectivity index (χ2v) is 11.3. The normalized spacial score (nSPS) is 11.6. The summed E-state index contributed by atoms with van der Waals surface area (Å²) in [6.07, 6.45) is 1.86. The Kier molecular flexibility index (Phi) is 5.50. The number of benzene rings is 6. The van der Waals surface area contributed by atoms with Crippen LogP contribution in [0.5, 0.6) is 0 Å². The first-order valence-electron chi connectivity index (χ1n) is 14.8. The lowest BCUT2D eigenvalue weighted by Crippen LogP contribution is -1.90. The highest BCUT2D eigenvalue weighted by atomic mass is 14.7. The summed E-state index contributed by atoms with van der Waals surface area (Å²) in [5.41, 5.74) is 9.51. The van der Waals surface area contributed by atoms with E-state index < -0.39 is 0 Å². The molecule has 0 fully saturated rings. The average molecular weight is 560 g/mol. The number of hydrogen-bond donors (Lipinski definition) is 0. The second kappa shape index (κ2) is 9.82. The van der Waals surface area contributed by atoms with Crippen LogP contribution < -0.4 is 0 Å². The molecule has 3 heteroatoms. The van der Waals surface area contributed by atoms with Gasteiger partial charge in [-0.2, -0.15) is 0 Å². The van der Waals surface area contributed by atoms with E-state index in [1.165, 1.54) is 10.8 Å². The highest BCUT2D eigenvalue weighted by Crippen LogP contribution is 2.35. The molecule has 0 bridgehead atoms. The van der Waals surface area contributed by atoms with Gasteiger partial charge in [-0.1, -0.05) is 91.0 Å². The predicted molar refractivity (Wildman–Crippen MR) is 184 cm³/mol. The van der Waals surface area contributed by atoms with Crippen molar-refractivity contribution in [1.29, 1.82) is 0 Å². The summed E-state index contributed by atoms with van der Waals surface area (Å²) in [5, 5.41) is 8.13. The molecule has 44 heavy (non-hydrogen) atoms. The molecule has 0 spiro atoms. The SMILES string of the molecule is c1ccc2cc(-c3ccc4cc(-c5ccc6nc(-c7cc8cccnc8c8ccccc78)ccc6c5)ccc4n3)ccc2c1. The fraction of sp³-hybridized carbons (Fsp3) is 0. The van der Waals surface area contributed by atoms with E-state index in [1.807, 2.05) is 12.3 Å². The molecule has 9 rings (SSSR count). The van der Waals surface area contributed by atoms with E-state index >= 15 is 0 Å². The van der Waals surface area contributed by atoms with Gasteiger partial charge < -0.3 is 0 Å². The molecular weight excluding hydrogens is 534 g/mol. The molecule has 0 amide bonds. The van der Waals surface area contributed by atoms with Gasteiger partial charge in [-0.25, -0.2) is 9.97 Å². The number of aromatic nitrogens is 3. The topological polar surface area (TPSA) is 38.7 Å². The molecule has 0 N–H and O–H groups in total. The van der Waals surface area contributed by atoms with Gasteiger partial charge in [0.1, 0.15) is 0 Å². The summed E-state index contributed by atoms with van der Waals surface area (Å²) in [6.45, 7) is 0. The number of rotatable bonds is 3. The van der Waals surface area contributed by atoms with Crippen LogP contribution in [0.4, 0.5) is 0 Å². The Morgan fingerprint density at radius 3 is 1.75 bits per heavy atom. The van der Waals surface area contributed by atoms with Crippen LogP contribution in [-0.2, 0) is 0 Å². The highest BCUT2D eigenvalue weighted by molar-refractivity contribution is 6.12. The Labute approximate surface area is 254 Å². The van der Waals surface area contributed by atoms with Crippen LogP contribution in [0.1, 0.15) is 0 Å². The van der Waals surface area contributed by atoms with Gasteiger partial charge in [-0.15, -0.1) is 0 Å². The van der Waals surface area contributed by atoms with Gasteiger partial charge in [0, 0.05) is 38.9 Å². The van der Waals surface area contributed by atoms with Gasteiger partial charge in [-0.05, 0) is 81.9 Å². The highest BCUT2D eigenvalue weighted by Gasteiger charge is 2.12. The second-order valence-electron chi connectivity index (χ2n) is 11.3. The zero-order valence-electron chi connectivity index (χ0n) is 23.8. The number of hydrogen-bond acceptors (Lipinski definition) is 3. The molecule has 0 saturated carbocycles. The van der Waals surface area contributed by atoms with Crippen molar-refractivity contribution >= 4 is 54.3 Å². The van der Waals surface area contributed by atoms with Gasteiger partial charge in [0.05, 0.1) is 27.9 Å². The summed E-state index contributed by atoms with van der Waals surface area (Å²) in [6, 6.07) is 51.4. The van der Waals surface area contributed by atoms with Crippen molar-refractivity contribution in [2.75, 3.05) is 0 Å². The minimum absolute atomic E-state index is 0.964. The van der Waals surface area contributed by atoms with E-state index in [-0.39, 0.29) is 0 Å². The maximum atomic E-state index is 5.11. The lowest BCUT2D eigenvalue weighted by molar-refractivity contribution is 1.40. The monoisotopic (exact) mass is 559 g/mol. The van der Waals surface area contributed by atoms with Gasteiger partial charge >= 0.3 is 0 Å². The Morgan fingerprint density at radius 2 is 0.955 bits per heavy atom. The largest absolute Gasteiger partial charge is 0.256 e. The molecule has 3 nitrogen and oxygen atoms in total. The molecular formula is C41H25N3. The summed E-state index contributed by atoms with van der Waals surface area (Å²) in [4.78, 5) is 14.8. The Bertz CT molecular complexity index is 2570. The van der Waals surface area contributed by atoms with Crippen molar-refractivity contribution in [2.24, 2.45) is 0 Å². The smallest absolute Gasteiger partial charge is 0.0780 e. The molecule has 204 valence electrons. The van der Waals surface area contributed by atoms with E-state index in [2.05, 4.69) is 145 Å². The van der Waals surface area contributed by atoms with E-state index in [1.54, 1.807) is 0 Å². The maximum absolute atomic E-state index is 5.11. The minimum Gasteiger partial charge on any atom is -0.256 e. The molecule has 0 saturated heterocycles. The predicted octanol–water partition coefficient (Wildman–Crippen LogP) is 10.6. The van der Waals surface area contributed by atoms with E-state index in [0.29, 0.717) is 0 Å². The van der Waals surface area contributed by atoms with Crippen LogP contribution in [0.15, 0.2) is 152 Å². The first-order valence-corrected chi connectivity index (χ1v) is 14.8. The Morgan fingerprint density at radius 1 is 0.364 bits per heavy atom. The summed E-state index contributed by atoms with van der Waals surface area (Å²) in [7, 11) is 0. The van der Waals surface area contributed by atoms with Gasteiger partial charge in [0.2, 0.25) is 0 Å². The van der Waals surface area contributed by atoms with Crippen molar-refractivity contribution in [3.63, 3.8) is 0 Å². The lowest BCUT2D eigenvalue weighted by Gasteiger charge is -2.11. The summed E-state index contributed by atoms with van der Waals surface area (Å²) < 4.78 is 0. The quantitative estimate of drug-likeness (QED) is 0.202. The average Bonchev–Trinajstić information content (AvgIpc) is 3.10. The third-order valence-corrected chi connectivity index (χ3v) is 8.64. The Balaban J connectivity index is 1.07. The molecule has 3 aromatic heterocycles. The van der Waals surface area contributed by atoms with Crippen molar-refractivity contribution < 1.29 is 0 Å². The van der Waals surface area contributed by atoms with E-state index in [4.69, 9.17) is 9.97 Å². The third-order valence-electron chi connectivity index (χ3n) is 8.64. The Hall–Kier alpha value is -5.93. The maximum Gasteiger partial charge on any atom is 0.0780 e. The van der Waals surface area contributed by atoms with Crippen molar-refractivity contribution in [2.45, 2.75) is 0 Å². The summed E-state index contributed by atoms with van der Waals surface area (Å²) in [5.74, 6) is 0. The van der Waals surface area contributed by atoms with Crippen LogP contribution in [0.25, 0.3) is 87.9 Å². The fourth-order valence-corrected chi connectivity index (χ4v) is 6.40. The fourth-order valence-electron chi connectivity index (χ4n) is 6.40. The van der Waals surface area contributed by atoms with Crippen molar-refractivity contribution in [3.8, 4) is 33.6 Å². The van der Waals surface area contributed by atoms with Crippen LogP contribution >= 0.6 is 0 Å². The van der Waals surface area contributed by atoms with E-state index in [0.717, 1.165) is 77.1 Å². The molecule has 9 aromatic rings. The molecule has 3 heterocycles. The lowest BCUT2D eigenvalue weighted by atomic mass is 9.97. The van der Waals surface area contributed by atoms with Crippen molar-refractivity contribution in [3.05, 3.63) is 152 Å². The van der Waals surface area contributed by atoms with E-state index in [9.17, 15) is 0 Å². The zero-order chi connectivity index (χ0) is 29.0. The van der Waals surface area contributed by atoms with Crippen LogP contribution in [0, 0.1) is 0 Å². The molecule has 0 atom stereocenters. The van der Waals surface area contributed by atoms with Crippen LogP contribution in [0.3, 0.4) is 0 Å². The molecule has 0 radical (unpaired) electrons. The number of nitrogens with zero attached hydrogens (tertiary/aromatic N) is 3. The zero-order valence-corrected chi connectivity index (χ0v) is 23.8. The van der Waals surface area contributed by atoms with Gasteiger partial charge in [0.15, 0.2) is 0 Å². The van der Waals surface area contributed by atoms with Crippen molar-refractivity contribution in [1.82, 2.24) is 15.0 Å². The van der Waals surface area contributed by atoms with Gasteiger partial charge in [-0.3, -0.25) is 4.98 Å². The standard InChI is InChI=1S/C41H25N3/c1-2-7-27-22-30(12-11-26(27)6-1)38-19-15-31-23-28(13-17-37(31)43-38)29-14-18-39-32(24-29)16-20-40(44-39)36-25-33-8-5-21-42-41(33)35-10-4-3-9-34(35)36/h1-25H. The number of fused-ring (bicyclic) bond motifs is 6. The van der Waals surface area contributed by atoms with Crippen LogP contribution in [0.2, 0.25) is 0 Å². The summed E-state index contributed by atoms with van der Waals surface area (Å²) >= 11 is 0. The first kappa shape index (κ1) is 24.6. The van der Waals surface area contributed by atoms with Gasteiger partial charge in [0.25, 0.3) is 0 Å². The molecule has 0 unspecified atom stereocenters. The molecule has 6 aromatic carbocycles. The molecule has 0 aliphatic rings. The number of pyridine rings is 3. The molecule has 0 aliphatic carbocycles. The minimum atomic E-state index is 0.964. The third kappa shape index (κ3) is 4.10.